The number of benzene rings is 1. The molecule has 1 aliphatic rings. The maximum Gasteiger partial charge on any atom is 0.122 e. The third-order valence-corrected chi connectivity index (χ3v) is 3.45. The molecule has 1 aromatic rings. The van der Waals surface area contributed by atoms with Gasteiger partial charge in [-0.3, -0.25) is 0 Å². The summed E-state index contributed by atoms with van der Waals surface area (Å²) in [5.74, 6) is 1.39. The van der Waals surface area contributed by atoms with Gasteiger partial charge in [0.25, 0.3) is 0 Å². The topological polar surface area (TPSA) is 47.3 Å². The van der Waals surface area contributed by atoms with Crippen molar-refractivity contribution in [2.24, 2.45) is 0 Å². The molecule has 1 unspecified atom stereocenters. The Kier molecular flexibility index (Phi) is 3.34. The maximum absolute atomic E-state index is 5.84. The van der Waals surface area contributed by atoms with Crippen molar-refractivity contribution in [2.75, 3.05) is 19.4 Å². The second kappa shape index (κ2) is 4.74. The fraction of sp³-hybridized carbons (Fsp3) is 0.538. The molecule has 0 aliphatic carbocycles. The number of methoxy groups -OCH3 is 1. The van der Waals surface area contributed by atoms with Crippen LogP contribution in [0.15, 0.2) is 18.2 Å². The Balaban J connectivity index is 2.26. The minimum absolute atomic E-state index is 0.445. The predicted octanol–water partition coefficient (Wildman–Crippen LogP) is 2.13. The lowest BCUT2D eigenvalue weighted by atomic mass is 9.91. The summed E-state index contributed by atoms with van der Waals surface area (Å²) in [7, 11) is 1.71. The lowest BCUT2D eigenvalue weighted by Crippen LogP contribution is -2.27. The molecule has 1 fully saturated rings. The summed E-state index contributed by atoms with van der Waals surface area (Å²) in [5.41, 5.74) is 7.86. The molecular formula is C13H20N2O. The number of rotatable bonds is 3. The largest absolute Gasteiger partial charge is 0.496 e. The Morgan fingerprint density at radius 3 is 2.94 bits per heavy atom. The minimum atomic E-state index is 0.445. The summed E-state index contributed by atoms with van der Waals surface area (Å²) in [4.78, 5) is 0. The lowest BCUT2D eigenvalue weighted by Gasteiger charge is -2.22. The van der Waals surface area contributed by atoms with Crippen LogP contribution in [0.5, 0.6) is 5.75 Å². The highest BCUT2D eigenvalue weighted by Crippen LogP contribution is 2.33. The quantitative estimate of drug-likeness (QED) is 0.767. The molecule has 2 rings (SSSR count). The average molecular weight is 220 g/mol. The first-order valence-corrected chi connectivity index (χ1v) is 5.89. The Bertz CT molecular complexity index is 359. The van der Waals surface area contributed by atoms with Crippen LogP contribution in [0.2, 0.25) is 0 Å². The Morgan fingerprint density at radius 1 is 1.50 bits per heavy atom. The van der Waals surface area contributed by atoms with E-state index in [0.717, 1.165) is 18.0 Å². The fourth-order valence-electron chi connectivity index (χ4n) is 2.46. The van der Waals surface area contributed by atoms with Crippen LogP contribution in [0.3, 0.4) is 0 Å². The number of anilines is 1. The van der Waals surface area contributed by atoms with Crippen LogP contribution in [0.4, 0.5) is 5.69 Å². The van der Waals surface area contributed by atoms with Gasteiger partial charge >= 0.3 is 0 Å². The standard InChI is InChI=1S/C13H20N2O/c1-9(12-4-3-7-15-12)11-8-10(14)5-6-13(11)16-2/h5-6,8-9,12,15H,3-4,7,14H2,1-2H3/t9?,12-/m0/s1. The molecule has 2 atom stereocenters. The summed E-state index contributed by atoms with van der Waals surface area (Å²) in [6.45, 7) is 3.36. The van der Waals surface area contributed by atoms with Crippen LogP contribution < -0.4 is 15.8 Å². The fourth-order valence-corrected chi connectivity index (χ4v) is 2.46. The predicted molar refractivity (Wildman–Crippen MR) is 66.8 cm³/mol. The van der Waals surface area contributed by atoms with Gasteiger partial charge in [-0.05, 0) is 37.6 Å². The first kappa shape index (κ1) is 11.3. The highest BCUT2D eigenvalue weighted by atomic mass is 16.5. The number of nitrogen functional groups attached to an aromatic ring is 1. The van der Waals surface area contributed by atoms with Crippen LogP contribution in [0.1, 0.15) is 31.2 Å². The van der Waals surface area contributed by atoms with E-state index < -0.39 is 0 Å². The SMILES string of the molecule is COc1ccc(N)cc1C(C)[C@@H]1CCCN1. The van der Waals surface area contributed by atoms with E-state index in [-0.39, 0.29) is 0 Å². The van der Waals surface area contributed by atoms with Crippen LogP contribution >= 0.6 is 0 Å². The van der Waals surface area contributed by atoms with Crippen LogP contribution in [-0.2, 0) is 0 Å². The Morgan fingerprint density at radius 2 is 2.31 bits per heavy atom. The monoisotopic (exact) mass is 220 g/mol. The van der Waals surface area contributed by atoms with E-state index in [9.17, 15) is 0 Å². The summed E-state index contributed by atoms with van der Waals surface area (Å²) < 4.78 is 5.40. The zero-order chi connectivity index (χ0) is 11.5. The van der Waals surface area contributed by atoms with E-state index in [4.69, 9.17) is 10.5 Å². The van der Waals surface area contributed by atoms with Gasteiger partial charge in [-0.15, -0.1) is 0 Å². The Labute approximate surface area is 97.0 Å². The van der Waals surface area contributed by atoms with Gasteiger partial charge in [-0.2, -0.15) is 0 Å². The van der Waals surface area contributed by atoms with Crippen molar-refractivity contribution in [3.63, 3.8) is 0 Å². The average Bonchev–Trinajstić information content (AvgIpc) is 2.81. The van der Waals surface area contributed by atoms with Crippen molar-refractivity contribution in [1.82, 2.24) is 5.32 Å². The first-order valence-electron chi connectivity index (χ1n) is 5.89. The summed E-state index contributed by atoms with van der Waals surface area (Å²) in [6, 6.07) is 6.42. The molecule has 0 radical (unpaired) electrons. The van der Waals surface area contributed by atoms with Gasteiger partial charge in [0.15, 0.2) is 0 Å². The van der Waals surface area contributed by atoms with E-state index >= 15 is 0 Å². The number of hydrogen-bond donors (Lipinski definition) is 2. The van der Waals surface area contributed by atoms with Crippen molar-refractivity contribution in [3.8, 4) is 5.75 Å². The normalized spacial score (nSPS) is 22.0. The van der Waals surface area contributed by atoms with Gasteiger partial charge in [0.2, 0.25) is 0 Å². The molecule has 1 heterocycles. The van der Waals surface area contributed by atoms with E-state index in [1.165, 1.54) is 18.4 Å². The van der Waals surface area contributed by atoms with E-state index in [1.54, 1.807) is 7.11 Å². The molecular weight excluding hydrogens is 200 g/mol. The molecule has 0 saturated carbocycles. The van der Waals surface area contributed by atoms with E-state index in [2.05, 4.69) is 12.2 Å². The molecule has 88 valence electrons. The van der Waals surface area contributed by atoms with Crippen molar-refractivity contribution in [1.29, 1.82) is 0 Å². The van der Waals surface area contributed by atoms with Crippen LogP contribution in [0, 0.1) is 0 Å². The zero-order valence-electron chi connectivity index (χ0n) is 9.99. The molecule has 0 aromatic heterocycles. The Hall–Kier alpha value is -1.22. The second-order valence-electron chi connectivity index (χ2n) is 4.49. The lowest BCUT2D eigenvalue weighted by molar-refractivity contribution is 0.399. The highest BCUT2D eigenvalue weighted by molar-refractivity contribution is 5.49. The summed E-state index contributed by atoms with van der Waals surface area (Å²) in [5, 5.41) is 3.53. The minimum Gasteiger partial charge on any atom is -0.496 e. The second-order valence-corrected chi connectivity index (χ2v) is 4.49. The van der Waals surface area contributed by atoms with Crippen molar-refractivity contribution in [2.45, 2.75) is 31.7 Å². The molecule has 1 aliphatic heterocycles. The number of nitrogens with two attached hydrogens (primary N) is 1. The molecule has 3 N–H and O–H groups in total. The van der Waals surface area contributed by atoms with Gasteiger partial charge in [-0.1, -0.05) is 6.92 Å². The van der Waals surface area contributed by atoms with Gasteiger partial charge in [-0.25, -0.2) is 0 Å². The molecule has 0 amide bonds. The van der Waals surface area contributed by atoms with Crippen LogP contribution in [0.25, 0.3) is 0 Å². The van der Waals surface area contributed by atoms with E-state index in [0.29, 0.717) is 12.0 Å². The third kappa shape index (κ3) is 2.14. The maximum atomic E-state index is 5.84. The molecule has 3 nitrogen and oxygen atoms in total. The third-order valence-electron chi connectivity index (χ3n) is 3.45. The summed E-state index contributed by atoms with van der Waals surface area (Å²) >= 11 is 0. The smallest absolute Gasteiger partial charge is 0.122 e. The van der Waals surface area contributed by atoms with E-state index in [1.807, 2.05) is 18.2 Å². The highest BCUT2D eigenvalue weighted by Gasteiger charge is 2.24. The molecule has 1 aromatic carbocycles. The number of nitrogens with one attached hydrogen (secondary N) is 1. The van der Waals surface area contributed by atoms with Gasteiger partial charge < -0.3 is 15.8 Å². The molecule has 16 heavy (non-hydrogen) atoms. The van der Waals surface area contributed by atoms with Crippen molar-refractivity contribution >= 4 is 5.69 Å². The van der Waals surface area contributed by atoms with Crippen LogP contribution in [-0.4, -0.2) is 19.7 Å². The number of ether oxygens (including phenoxy) is 1. The van der Waals surface area contributed by atoms with Crippen molar-refractivity contribution < 1.29 is 4.74 Å². The van der Waals surface area contributed by atoms with Gasteiger partial charge in [0.05, 0.1) is 7.11 Å². The molecule has 3 heteroatoms. The van der Waals surface area contributed by atoms with Gasteiger partial charge in [0, 0.05) is 23.2 Å². The van der Waals surface area contributed by atoms with Gasteiger partial charge in [0.1, 0.15) is 5.75 Å². The molecule has 0 bridgehead atoms. The summed E-state index contributed by atoms with van der Waals surface area (Å²) in [6.07, 6.45) is 2.50. The van der Waals surface area contributed by atoms with Crippen molar-refractivity contribution in [3.05, 3.63) is 23.8 Å². The molecule has 1 saturated heterocycles. The first-order chi connectivity index (χ1) is 7.72. The number of hydrogen-bond acceptors (Lipinski definition) is 3. The zero-order valence-corrected chi connectivity index (χ0v) is 9.99. The molecule has 0 spiro atoms.